The van der Waals surface area contributed by atoms with Crippen molar-refractivity contribution in [3.8, 4) is 0 Å². The van der Waals surface area contributed by atoms with Gasteiger partial charge in [0.2, 0.25) is 0 Å². The monoisotopic (exact) mass is 399 g/mol. The van der Waals surface area contributed by atoms with Gasteiger partial charge in [-0.2, -0.15) is 0 Å². The van der Waals surface area contributed by atoms with Crippen LogP contribution >= 0.6 is 7.81 Å². The zero-order valence-corrected chi connectivity index (χ0v) is 15.3. The molecule has 148 valence electrons. The van der Waals surface area contributed by atoms with E-state index in [1.807, 2.05) is 24.3 Å². The van der Waals surface area contributed by atoms with Gasteiger partial charge < -0.3 is 4.48 Å². The first-order valence-electron chi connectivity index (χ1n) is 7.60. The Balaban J connectivity index is 0.000000758. The normalized spacial score (nSPS) is 14.1. The Bertz CT molecular complexity index is 594. The van der Waals surface area contributed by atoms with Gasteiger partial charge in [-0.15, -0.1) is 0 Å². The minimum absolute atomic E-state index is 0.893. The van der Waals surface area contributed by atoms with E-state index in [9.17, 15) is 25.2 Å². The van der Waals surface area contributed by atoms with E-state index >= 15 is 0 Å². The summed E-state index contributed by atoms with van der Waals surface area (Å²) in [5, 5.41) is 0. The molecule has 0 aliphatic heterocycles. The zero-order chi connectivity index (χ0) is 20.5. The molecule has 1 rings (SSSR count). The average Bonchev–Trinajstić information content (AvgIpc) is 2.45. The third kappa shape index (κ3) is 13.4. The summed E-state index contributed by atoms with van der Waals surface area (Å²) in [5.74, 6) is 0. The standard InChI is InChI=1S/C18H24N.F6P/c1-5-13-19(14-6-2,15-7-3)16-18-11-9-17(8-4)10-12-18;1-7(2,3,4,5)6/h5-12H,1-4,13-16H2;/q+1;-1. The van der Waals surface area contributed by atoms with Crippen LogP contribution in [0.4, 0.5) is 25.2 Å². The average molecular weight is 399 g/mol. The molecule has 0 aromatic heterocycles. The van der Waals surface area contributed by atoms with E-state index in [0.29, 0.717) is 0 Å². The molecule has 1 nitrogen and oxygen atoms in total. The summed E-state index contributed by atoms with van der Waals surface area (Å²) in [4.78, 5) is 0. The van der Waals surface area contributed by atoms with Crippen molar-refractivity contribution in [3.63, 3.8) is 0 Å². The van der Waals surface area contributed by atoms with Crippen molar-refractivity contribution in [1.82, 2.24) is 0 Å². The maximum atomic E-state index is 9.87. The molecule has 0 amide bonds. The topological polar surface area (TPSA) is 0 Å². The quantitative estimate of drug-likeness (QED) is 0.174. The van der Waals surface area contributed by atoms with Crippen LogP contribution in [0.15, 0.2) is 68.8 Å². The number of hydrogen-bond donors (Lipinski definition) is 0. The van der Waals surface area contributed by atoms with Crippen LogP contribution < -0.4 is 0 Å². The van der Waals surface area contributed by atoms with Gasteiger partial charge in [-0.3, -0.25) is 0 Å². The molecule has 8 heteroatoms. The number of hydrogen-bond acceptors (Lipinski definition) is 0. The molecular formula is C18H24F6NP. The molecule has 0 aliphatic carbocycles. The van der Waals surface area contributed by atoms with Crippen molar-refractivity contribution in [2.45, 2.75) is 6.54 Å². The Kier molecular flexibility index (Phi) is 7.64. The first-order valence-corrected chi connectivity index (χ1v) is 9.63. The number of halogens is 6. The second-order valence-corrected chi connectivity index (χ2v) is 7.73. The molecule has 0 fully saturated rings. The molecule has 0 radical (unpaired) electrons. The molecule has 0 bridgehead atoms. The number of quaternary nitrogens is 1. The van der Waals surface area contributed by atoms with E-state index in [0.717, 1.165) is 36.2 Å². The van der Waals surface area contributed by atoms with E-state index in [-0.39, 0.29) is 0 Å². The van der Waals surface area contributed by atoms with Gasteiger partial charge in [0.25, 0.3) is 0 Å². The van der Waals surface area contributed by atoms with Gasteiger partial charge in [0.15, 0.2) is 0 Å². The van der Waals surface area contributed by atoms with Gasteiger partial charge in [0, 0.05) is 5.56 Å². The Morgan fingerprint density at radius 3 is 1.35 bits per heavy atom. The fraction of sp³-hybridized carbons (Fsp3) is 0.222. The molecule has 0 atom stereocenters. The van der Waals surface area contributed by atoms with Gasteiger partial charge in [0.1, 0.15) is 6.54 Å². The van der Waals surface area contributed by atoms with Gasteiger partial charge in [-0.05, 0) is 23.8 Å². The van der Waals surface area contributed by atoms with Gasteiger partial charge in [-0.25, -0.2) is 0 Å². The summed E-state index contributed by atoms with van der Waals surface area (Å²) in [7, 11) is -10.7. The van der Waals surface area contributed by atoms with Crippen LogP contribution in [0.25, 0.3) is 6.08 Å². The van der Waals surface area contributed by atoms with Crippen molar-refractivity contribution in [2.24, 2.45) is 0 Å². The Morgan fingerprint density at radius 2 is 1.08 bits per heavy atom. The maximum absolute atomic E-state index is 10.7. The van der Waals surface area contributed by atoms with E-state index in [1.54, 1.807) is 0 Å². The molecule has 1 aromatic rings. The number of nitrogens with zero attached hydrogens (tertiary/aromatic N) is 1. The SMILES string of the molecule is C=CC[N+](CC=C)(CC=C)Cc1ccc(C=C)cc1.F[P-](F)(F)(F)(F)F. The molecule has 0 spiro atoms. The Hall–Kier alpha value is -1.85. The number of rotatable bonds is 9. The third-order valence-electron chi connectivity index (χ3n) is 3.28. The van der Waals surface area contributed by atoms with Crippen molar-refractivity contribution in [2.75, 3.05) is 19.6 Å². The first-order chi connectivity index (χ1) is 11.6. The predicted molar refractivity (Wildman–Crippen MR) is 99.3 cm³/mol. The van der Waals surface area contributed by atoms with E-state index in [1.165, 1.54) is 5.56 Å². The molecule has 0 N–H and O–H groups in total. The molecule has 0 saturated heterocycles. The summed E-state index contributed by atoms with van der Waals surface area (Å²) in [6.45, 7) is 19.1. The fourth-order valence-electron chi connectivity index (χ4n) is 2.39. The van der Waals surface area contributed by atoms with Gasteiger partial charge in [0.05, 0.1) is 19.6 Å². The molecule has 0 saturated carbocycles. The van der Waals surface area contributed by atoms with Crippen LogP contribution in [0.2, 0.25) is 0 Å². The van der Waals surface area contributed by atoms with E-state index in [4.69, 9.17) is 0 Å². The van der Waals surface area contributed by atoms with Crippen molar-refractivity contribution in [3.05, 3.63) is 79.9 Å². The molecule has 26 heavy (non-hydrogen) atoms. The van der Waals surface area contributed by atoms with Crippen molar-refractivity contribution >= 4 is 13.9 Å². The third-order valence-corrected chi connectivity index (χ3v) is 3.28. The number of benzene rings is 1. The van der Waals surface area contributed by atoms with Gasteiger partial charge in [-0.1, -0.05) is 56.7 Å². The Morgan fingerprint density at radius 1 is 0.731 bits per heavy atom. The van der Waals surface area contributed by atoms with Crippen LogP contribution in [0.3, 0.4) is 0 Å². The summed E-state index contributed by atoms with van der Waals surface area (Å²) < 4.78 is 60.1. The summed E-state index contributed by atoms with van der Waals surface area (Å²) in [5.41, 5.74) is 2.47. The molecule has 1 aromatic carbocycles. The minimum atomic E-state index is -10.7. The van der Waals surface area contributed by atoms with Crippen LogP contribution in [0.5, 0.6) is 0 Å². The predicted octanol–water partition coefficient (Wildman–Crippen LogP) is 7.59. The van der Waals surface area contributed by atoms with Crippen LogP contribution in [0.1, 0.15) is 11.1 Å². The van der Waals surface area contributed by atoms with Crippen molar-refractivity contribution < 1.29 is 29.7 Å². The molecule has 0 heterocycles. The summed E-state index contributed by atoms with van der Waals surface area (Å²) in [6.07, 6.45) is 7.80. The fourth-order valence-corrected chi connectivity index (χ4v) is 2.39. The second-order valence-electron chi connectivity index (χ2n) is 5.82. The second kappa shape index (κ2) is 8.23. The molecule has 0 aliphatic rings. The summed E-state index contributed by atoms with van der Waals surface area (Å²) in [6, 6.07) is 8.54. The molecular weight excluding hydrogens is 375 g/mol. The van der Waals surface area contributed by atoms with Gasteiger partial charge >= 0.3 is 33.0 Å². The van der Waals surface area contributed by atoms with E-state index in [2.05, 4.69) is 50.6 Å². The van der Waals surface area contributed by atoms with Crippen LogP contribution in [-0.2, 0) is 6.54 Å². The van der Waals surface area contributed by atoms with Crippen molar-refractivity contribution in [1.29, 1.82) is 0 Å². The first kappa shape index (κ1) is 24.1. The molecule has 0 unspecified atom stereocenters. The van der Waals surface area contributed by atoms with Crippen LogP contribution in [-0.4, -0.2) is 24.1 Å². The Labute approximate surface area is 150 Å². The summed E-state index contributed by atoms with van der Waals surface area (Å²) >= 11 is 0. The van der Waals surface area contributed by atoms with Crippen LogP contribution in [0, 0.1) is 0 Å². The van der Waals surface area contributed by atoms with E-state index < -0.39 is 7.81 Å². The zero-order valence-electron chi connectivity index (χ0n) is 14.4.